The van der Waals surface area contributed by atoms with E-state index in [0.29, 0.717) is 24.3 Å². The third-order valence-corrected chi connectivity index (χ3v) is 4.44. The fraction of sp³-hybridized carbons (Fsp3) is 0.714. The van der Waals surface area contributed by atoms with Gasteiger partial charge in [-0.25, -0.2) is 4.98 Å². The molecule has 0 N–H and O–H groups in total. The molecule has 0 radical (unpaired) electrons. The first-order chi connectivity index (χ1) is 9.19. The van der Waals surface area contributed by atoms with Crippen molar-refractivity contribution in [3.8, 4) is 0 Å². The molecule has 3 atom stereocenters. The number of nitrogens with zero attached hydrogens (tertiary/aromatic N) is 2. The topological polar surface area (TPSA) is 55.6 Å². The summed E-state index contributed by atoms with van der Waals surface area (Å²) < 4.78 is 10.5. The number of ether oxygens (including phenoxy) is 1. The molecule has 2 aliphatic rings. The molecule has 5 heteroatoms. The van der Waals surface area contributed by atoms with Gasteiger partial charge in [-0.3, -0.25) is 9.69 Å². The highest BCUT2D eigenvalue weighted by molar-refractivity contribution is 5.76. The molecule has 0 aromatic carbocycles. The van der Waals surface area contributed by atoms with E-state index in [9.17, 15) is 4.79 Å². The zero-order valence-electron chi connectivity index (χ0n) is 11.5. The van der Waals surface area contributed by atoms with Crippen LogP contribution in [0.1, 0.15) is 30.9 Å². The number of likely N-dealkylation sites (tertiary alicyclic amines) is 1. The van der Waals surface area contributed by atoms with E-state index in [-0.39, 0.29) is 12.0 Å². The van der Waals surface area contributed by atoms with E-state index in [1.807, 2.05) is 6.92 Å². The van der Waals surface area contributed by atoms with E-state index in [0.717, 1.165) is 18.7 Å². The molecular formula is C14H20N2O3. The molecule has 1 aliphatic heterocycles. The minimum absolute atomic E-state index is 0.113. The summed E-state index contributed by atoms with van der Waals surface area (Å²) in [6, 6.07) is -0.121. The van der Waals surface area contributed by atoms with Crippen LogP contribution in [0.5, 0.6) is 0 Å². The molecule has 1 saturated heterocycles. The summed E-state index contributed by atoms with van der Waals surface area (Å²) >= 11 is 0. The second-order valence-corrected chi connectivity index (χ2v) is 5.62. The van der Waals surface area contributed by atoms with Gasteiger partial charge in [-0.15, -0.1) is 0 Å². The molecule has 3 rings (SSSR count). The zero-order valence-corrected chi connectivity index (χ0v) is 11.5. The van der Waals surface area contributed by atoms with Gasteiger partial charge in [-0.2, -0.15) is 0 Å². The van der Waals surface area contributed by atoms with Crippen LogP contribution >= 0.6 is 0 Å². The number of rotatable bonds is 3. The van der Waals surface area contributed by atoms with Crippen molar-refractivity contribution >= 4 is 5.97 Å². The van der Waals surface area contributed by atoms with Crippen molar-refractivity contribution in [2.24, 2.45) is 11.8 Å². The Balaban J connectivity index is 1.77. The Morgan fingerprint density at radius 3 is 3.11 bits per heavy atom. The number of methoxy groups -OCH3 is 1. The largest absolute Gasteiger partial charge is 0.468 e. The Labute approximate surface area is 112 Å². The van der Waals surface area contributed by atoms with E-state index in [1.54, 1.807) is 6.20 Å². The van der Waals surface area contributed by atoms with E-state index >= 15 is 0 Å². The molecule has 0 bridgehead atoms. The molecule has 5 nitrogen and oxygen atoms in total. The first-order valence-electron chi connectivity index (χ1n) is 6.92. The SMILES string of the molecule is COC(=O)[C@H]1[C@@H]2CCC[C@@H]2CN1Cc1ncc(C)o1. The number of hydrogen-bond donors (Lipinski definition) is 0. The van der Waals surface area contributed by atoms with Crippen LogP contribution in [0.15, 0.2) is 10.6 Å². The van der Waals surface area contributed by atoms with Crippen molar-refractivity contribution in [1.29, 1.82) is 0 Å². The van der Waals surface area contributed by atoms with Crippen LogP contribution in [0.2, 0.25) is 0 Å². The first-order valence-corrected chi connectivity index (χ1v) is 6.92. The highest BCUT2D eigenvalue weighted by atomic mass is 16.5. The lowest BCUT2D eigenvalue weighted by Crippen LogP contribution is -2.40. The van der Waals surface area contributed by atoms with Crippen molar-refractivity contribution in [2.75, 3.05) is 13.7 Å². The molecule has 2 fully saturated rings. The fourth-order valence-electron chi connectivity index (χ4n) is 3.65. The van der Waals surface area contributed by atoms with Crippen LogP contribution in [0.25, 0.3) is 0 Å². The average Bonchev–Trinajstić information content (AvgIpc) is 3.05. The number of oxazole rings is 1. The molecule has 0 amide bonds. The maximum atomic E-state index is 12.0. The quantitative estimate of drug-likeness (QED) is 0.779. The highest BCUT2D eigenvalue weighted by Gasteiger charge is 2.48. The van der Waals surface area contributed by atoms with Crippen LogP contribution in [0.4, 0.5) is 0 Å². The number of aromatic nitrogens is 1. The van der Waals surface area contributed by atoms with Crippen LogP contribution in [-0.4, -0.2) is 35.5 Å². The number of fused-ring (bicyclic) bond motifs is 1. The lowest BCUT2D eigenvalue weighted by atomic mass is 9.94. The summed E-state index contributed by atoms with van der Waals surface area (Å²) in [4.78, 5) is 18.5. The number of aryl methyl sites for hydroxylation is 1. The van der Waals surface area contributed by atoms with E-state index in [1.165, 1.54) is 20.0 Å². The fourth-order valence-corrected chi connectivity index (χ4v) is 3.65. The zero-order chi connectivity index (χ0) is 13.4. The molecule has 19 heavy (non-hydrogen) atoms. The summed E-state index contributed by atoms with van der Waals surface area (Å²) in [7, 11) is 1.47. The van der Waals surface area contributed by atoms with Crippen molar-refractivity contribution in [3.05, 3.63) is 17.8 Å². The lowest BCUT2D eigenvalue weighted by Gasteiger charge is -2.24. The van der Waals surface area contributed by atoms with Gasteiger partial charge in [-0.05, 0) is 31.6 Å². The van der Waals surface area contributed by atoms with E-state index < -0.39 is 0 Å². The second-order valence-electron chi connectivity index (χ2n) is 5.62. The Bertz CT molecular complexity index is 471. The Morgan fingerprint density at radius 1 is 1.58 bits per heavy atom. The summed E-state index contributed by atoms with van der Waals surface area (Å²) in [5.74, 6) is 2.46. The van der Waals surface area contributed by atoms with Crippen LogP contribution < -0.4 is 0 Å². The standard InChI is InChI=1S/C14H20N2O3/c1-9-6-15-12(19-9)8-16-7-10-4-3-5-11(10)13(16)14(17)18-2/h6,10-11,13H,3-5,7-8H2,1-2H3/t10-,11-,13-/m1/s1. The monoisotopic (exact) mass is 264 g/mol. The average molecular weight is 264 g/mol. The molecule has 1 saturated carbocycles. The highest BCUT2D eigenvalue weighted by Crippen LogP contribution is 2.42. The molecule has 2 heterocycles. The molecule has 1 aromatic rings. The minimum atomic E-state index is -0.121. The smallest absolute Gasteiger partial charge is 0.323 e. The van der Waals surface area contributed by atoms with Gasteiger partial charge in [0.15, 0.2) is 0 Å². The van der Waals surface area contributed by atoms with Crippen molar-refractivity contribution in [2.45, 2.75) is 38.8 Å². The molecule has 1 aliphatic carbocycles. The van der Waals surface area contributed by atoms with Gasteiger partial charge in [0.25, 0.3) is 0 Å². The van der Waals surface area contributed by atoms with Crippen LogP contribution in [0, 0.1) is 18.8 Å². The van der Waals surface area contributed by atoms with Crippen molar-refractivity contribution in [3.63, 3.8) is 0 Å². The number of hydrogen-bond acceptors (Lipinski definition) is 5. The normalized spacial score (nSPS) is 30.5. The molecule has 0 unspecified atom stereocenters. The third kappa shape index (κ3) is 2.27. The molecule has 104 valence electrons. The summed E-state index contributed by atoms with van der Waals surface area (Å²) in [5.41, 5.74) is 0. The summed E-state index contributed by atoms with van der Waals surface area (Å²) in [6.45, 7) is 3.43. The van der Waals surface area contributed by atoms with Crippen molar-refractivity contribution < 1.29 is 13.9 Å². The summed E-state index contributed by atoms with van der Waals surface area (Å²) in [6.07, 6.45) is 5.30. The first kappa shape index (κ1) is 12.7. The third-order valence-electron chi connectivity index (χ3n) is 4.44. The minimum Gasteiger partial charge on any atom is -0.468 e. The predicted octanol–water partition coefficient (Wildman–Crippen LogP) is 1.76. The molecule has 1 aromatic heterocycles. The molecular weight excluding hydrogens is 244 g/mol. The van der Waals surface area contributed by atoms with Gasteiger partial charge in [0, 0.05) is 6.54 Å². The Kier molecular flexibility index (Phi) is 3.31. The van der Waals surface area contributed by atoms with Gasteiger partial charge in [0.2, 0.25) is 5.89 Å². The Morgan fingerprint density at radius 2 is 2.42 bits per heavy atom. The van der Waals surface area contributed by atoms with Gasteiger partial charge >= 0.3 is 5.97 Å². The van der Waals surface area contributed by atoms with E-state index in [2.05, 4.69) is 9.88 Å². The summed E-state index contributed by atoms with van der Waals surface area (Å²) in [5, 5.41) is 0. The van der Waals surface area contributed by atoms with Crippen LogP contribution in [0.3, 0.4) is 0 Å². The number of esters is 1. The van der Waals surface area contributed by atoms with Gasteiger partial charge in [0.05, 0.1) is 19.9 Å². The van der Waals surface area contributed by atoms with Gasteiger partial charge < -0.3 is 9.15 Å². The second kappa shape index (κ2) is 4.96. The van der Waals surface area contributed by atoms with Crippen LogP contribution in [-0.2, 0) is 16.1 Å². The molecule has 0 spiro atoms. The Hall–Kier alpha value is -1.36. The van der Waals surface area contributed by atoms with E-state index in [4.69, 9.17) is 9.15 Å². The number of carbonyl (C=O) groups excluding carboxylic acids is 1. The maximum Gasteiger partial charge on any atom is 0.323 e. The van der Waals surface area contributed by atoms with Gasteiger partial charge in [-0.1, -0.05) is 6.42 Å². The predicted molar refractivity (Wildman–Crippen MR) is 68.3 cm³/mol. The van der Waals surface area contributed by atoms with Crippen molar-refractivity contribution in [1.82, 2.24) is 9.88 Å². The van der Waals surface area contributed by atoms with Gasteiger partial charge in [0.1, 0.15) is 11.8 Å². The lowest BCUT2D eigenvalue weighted by molar-refractivity contribution is -0.147. The maximum absolute atomic E-state index is 12.0. The number of carbonyl (C=O) groups is 1.